The molecule has 0 saturated heterocycles. The average molecular weight is 456 g/mol. The van der Waals surface area contributed by atoms with Gasteiger partial charge in [0.25, 0.3) is 0 Å². The normalized spacial score (nSPS) is 12.2. The molecule has 154 valence electrons. The minimum Gasteiger partial charge on any atom is -0.308 e. The van der Waals surface area contributed by atoms with E-state index >= 15 is 0 Å². The number of aromatic nitrogens is 1. The van der Waals surface area contributed by atoms with E-state index in [0.29, 0.717) is 0 Å². The maximum atomic E-state index is 2.48. The Balaban J connectivity index is 1.57. The maximum Gasteiger partial charge on any atom is 0.0719 e. The summed E-state index contributed by atoms with van der Waals surface area (Å²) < 4.78 is 7.87. The number of fused-ring (bicyclic) bond motifs is 10. The Labute approximate surface area is 197 Å². The quantitative estimate of drug-likeness (QED) is 0.232. The van der Waals surface area contributed by atoms with E-state index < -0.39 is 0 Å². The van der Waals surface area contributed by atoms with Crippen LogP contribution in [0.3, 0.4) is 0 Å². The van der Waals surface area contributed by atoms with E-state index in [1.807, 2.05) is 22.7 Å². The molecule has 0 radical (unpaired) electrons. The molecule has 0 atom stereocenters. The van der Waals surface area contributed by atoms with Crippen molar-refractivity contribution in [2.24, 2.45) is 0 Å². The van der Waals surface area contributed by atoms with Crippen molar-refractivity contribution >= 4 is 84.8 Å². The highest BCUT2D eigenvalue weighted by Gasteiger charge is 2.18. The van der Waals surface area contributed by atoms with Crippen LogP contribution in [0.2, 0.25) is 0 Å². The van der Waals surface area contributed by atoms with E-state index in [1.165, 1.54) is 67.8 Å². The lowest BCUT2D eigenvalue weighted by Gasteiger charge is -2.09. The molecule has 1 nitrogen and oxygen atoms in total. The molecule has 0 aliphatic carbocycles. The summed E-state index contributed by atoms with van der Waals surface area (Å²) in [6.07, 6.45) is 0. The first-order valence-corrected chi connectivity index (χ1v) is 12.8. The molecular formula is C30H17NS2. The van der Waals surface area contributed by atoms with Crippen molar-refractivity contribution in [2.75, 3.05) is 0 Å². The van der Waals surface area contributed by atoms with Crippen LogP contribution in [0.15, 0.2) is 103 Å². The third kappa shape index (κ3) is 2.36. The molecule has 3 aromatic heterocycles. The lowest BCUT2D eigenvalue weighted by Crippen LogP contribution is -1.93. The Morgan fingerprint density at radius 3 is 1.94 bits per heavy atom. The first-order valence-electron chi connectivity index (χ1n) is 11.1. The summed E-state index contributed by atoms with van der Waals surface area (Å²) in [7, 11) is 0. The fourth-order valence-electron chi connectivity index (χ4n) is 5.35. The summed E-state index contributed by atoms with van der Waals surface area (Å²) in [6, 6.07) is 37.9. The number of nitrogens with zero attached hydrogens (tertiary/aromatic N) is 1. The molecule has 0 fully saturated rings. The van der Waals surface area contributed by atoms with Crippen molar-refractivity contribution in [3.05, 3.63) is 103 Å². The van der Waals surface area contributed by atoms with Crippen LogP contribution < -0.4 is 0 Å². The number of rotatable bonds is 1. The predicted octanol–water partition coefficient (Wildman–Crippen LogP) is 9.52. The third-order valence-electron chi connectivity index (χ3n) is 6.80. The molecule has 0 amide bonds. The molecule has 0 N–H and O–H groups in total. The van der Waals surface area contributed by atoms with Gasteiger partial charge < -0.3 is 4.57 Å². The molecule has 0 aliphatic rings. The smallest absolute Gasteiger partial charge is 0.0719 e. The molecular weight excluding hydrogens is 438 g/mol. The van der Waals surface area contributed by atoms with Gasteiger partial charge in [-0.05, 0) is 36.4 Å². The standard InChI is InChI=1S/C30H17NS2/c1-4-10-25-19(7-1)22-14-15-23-20-8-2-6-12-27(20)33-30(23)29(22)31(25)18-13-16-28-24(17-18)21-9-3-5-11-26(21)32-28/h1-17H. The zero-order valence-corrected chi connectivity index (χ0v) is 19.2. The van der Waals surface area contributed by atoms with Gasteiger partial charge in [-0.1, -0.05) is 66.7 Å². The SMILES string of the molecule is c1ccc2c(c1)sc1ccc(-n3c4ccccc4c4ccc5c6ccccc6sc5c43)cc12. The third-order valence-corrected chi connectivity index (χ3v) is 9.14. The molecule has 8 rings (SSSR count). The van der Waals surface area contributed by atoms with Gasteiger partial charge in [-0.2, -0.15) is 0 Å². The Kier molecular flexibility index (Phi) is 3.48. The van der Waals surface area contributed by atoms with Gasteiger partial charge in [-0.15, -0.1) is 22.7 Å². The Hall–Kier alpha value is -3.66. The summed E-state index contributed by atoms with van der Waals surface area (Å²) >= 11 is 3.78. The molecule has 33 heavy (non-hydrogen) atoms. The van der Waals surface area contributed by atoms with E-state index in [0.717, 1.165) is 0 Å². The average Bonchev–Trinajstić information content (AvgIpc) is 3.53. The van der Waals surface area contributed by atoms with Crippen LogP contribution in [-0.2, 0) is 0 Å². The van der Waals surface area contributed by atoms with Crippen LogP contribution in [-0.4, -0.2) is 4.57 Å². The first-order chi connectivity index (χ1) is 16.4. The lowest BCUT2D eigenvalue weighted by molar-refractivity contribution is 1.19. The monoisotopic (exact) mass is 455 g/mol. The summed E-state index contributed by atoms with van der Waals surface area (Å²) in [4.78, 5) is 0. The Bertz CT molecular complexity index is 2030. The summed E-state index contributed by atoms with van der Waals surface area (Å²) in [5.74, 6) is 0. The highest BCUT2D eigenvalue weighted by atomic mass is 32.1. The second-order valence-corrected chi connectivity index (χ2v) is 10.7. The lowest BCUT2D eigenvalue weighted by atomic mass is 10.1. The van der Waals surface area contributed by atoms with Gasteiger partial charge >= 0.3 is 0 Å². The van der Waals surface area contributed by atoms with E-state index in [-0.39, 0.29) is 0 Å². The second-order valence-electron chi connectivity index (χ2n) is 8.57. The second kappa shape index (κ2) is 6.44. The molecule has 0 spiro atoms. The number of hydrogen-bond donors (Lipinski definition) is 0. The van der Waals surface area contributed by atoms with E-state index in [1.54, 1.807) is 0 Å². The van der Waals surface area contributed by atoms with Crippen molar-refractivity contribution < 1.29 is 0 Å². The first kappa shape index (κ1) is 17.8. The highest BCUT2D eigenvalue weighted by Crippen LogP contribution is 2.43. The number of hydrogen-bond acceptors (Lipinski definition) is 2. The zero-order valence-electron chi connectivity index (χ0n) is 17.6. The molecule has 0 bridgehead atoms. The summed E-state index contributed by atoms with van der Waals surface area (Å²) in [5, 5.41) is 7.99. The Morgan fingerprint density at radius 1 is 0.455 bits per heavy atom. The van der Waals surface area contributed by atoms with Crippen LogP contribution in [0, 0.1) is 0 Å². The molecule has 8 aromatic rings. The highest BCUT2D eigenvalue weighted by molar-refractivity contribution is 7.26. The summed E-state index contributed by atoms with van der Waals surface area (Å²) in [6.45, 7) is 0. The minimum atomic E-state index is 1.22. The van der Waals surface area contributed by atoms with E-state index in [9.17, 15) is 0 Å². The van der Waals surface area contributed by atoms with Gasteiger partial charge in [0.05, 0.1) is 15.7 Å². The number of thiophene rings is 2. The summed E-state index contributed by atoms with van der Waals surface area (Å²) in [5.41, 5.74) is 3.80. The van der Waals surface area contributed by atoms with Crippen LogP contribution in [0.25, 0.3) is 67.8 Å². The van der Waals surface area contributed by atoms with Crippen LogP contribution in [0.1, 0.15) is 0 Å². The van der Waals surface area contributed by atoms with Gasteiger partial charge in [0.1, 0.15) is 0 Å². The van der Waals surface area contributed by atoms with Crippen molar-refractivity contribution in [2.45, 2.75) is 0 Å². The molecule has 0 unspecified atom stereocenters. The fourth-order valence-corrected chi connectivity index (χ4v) is 7.68. The number of para-hydroxylation sites is 1. The van der Waals surface area contributed by atoms with Crippen LogP contribution >= 0.6 is 22.7 Å². The van der Waals surface area contributed by atoms with Gasteiger partial charge in [0, 0.05) is 52.1 Å². The van der Waals surface area contributed by atoms with Gasteiger partial charge in [0.15, 0.2) is 0 Å². The van der Waals surface area contributed by atoms with Gasteiger partial charge in [-0.3, -0.25) is 0 Å². The predicted molar refractivity (Wildman–Crippen MR) is 147 cm³/mol. The molecule has 5 aromatic carbocycles. The molecule has 3 heterocycles. The topological polar surface area (TPSA) is 4.93 Å². The van der Waals surface area contributed by atoms with E-state index in [2.05, 4.69) is 108 Å². The van der Waals surface area contributed by atoms with Crippen molar-refractivity contribution in [3.8, 4) is 5.69 Å². The maximum absolute atomic E-state index is 2.48. The van der Waals surface area contributed by atoms with Crippen LogP contribution in [0.5, 0.6) is 0 Å². The largest absolute Gasteiger partial charge is 0.308 e. The van der Waals surface area contributed by atoms with Gasteiger partial charge in [0.2, 0.25) is 0 Å². The van der Waals surface area contributed by atoms with Gasteiger partial charge in [-0.25, -0.2) is 0 Å². The van der Waals surface area contributed by atoms with Crippen molar-refractivity contribution in [3.63, 3.8) is 0 Å². The minimum absolute atomic E-state index is 1.22. The van der Waals surface area contributed by atoms with Crippen molar-refractivity contribution in [1.29, 1.82) is 0 Å². The zero-order chi connectivity index (χ0) is 21.5. The van der Waals surface area contributed by atoms with Crippen LogP contribution in [0.4, 0.5) is 0 Å². The van der Waals surface area contributed by atoms with Crippen molar-refractivity contribution in [1.82, 2.24) is 4.57 Å². The molecule has 3 heteroatoms. The fraction of sp³-hybridized carbons (Fsp3) is 0. The molecule has 0 aliphatic heterocycles. The number of benzene rings is 5. The molecule has 0 saturated carbocycles. The van der Waals surface area contributed by atoms with E-state index in [4.69, 9.17) is 0 Å². The Morgan fingerprint density at radius 2 is 1.09 bits per heavy atom.